The number of para-hydroxylation sites is 1. The number of rotatable bonds is 7. The predicted octanol–water partition coefficient (Wildman–Crippen LogP) is 5.89. The van der Waals surface area contributed by atoms with Gasteiger partial charge in [-0.05, 0) is 41.5 Å². The third-order valence-electron chi connectivity index (χ3n) is 5.98. The Hall–Kier alpha value is -4.35. The van der Waals surface area contributed by atoms with Crippen LogP contribution < -0.4 is 4.90 Å². The fourth-order valence-electron chi connectivity index (χ4n) is 4.20. The first-order chi connectivity index (χ1) is 18.5. The topological polar surface area (TPSA) is 109 Å². The van der Waals surface area contributed by atoms with E-state index in [-0.39, 0.29) is 22.3 Å². The minimum absolute atomic E-state index is 0.00379. The zero-order valence-corrected chi connectivity index (χ0v) is 21.1. The summed E-state index contributed by atoms with van der Waals surface area (Å²) < 4.78 is 19.5. The van der Waals surface area contributed by atoms with Crippen LogP contribution in [0.2, 0.25) is 0 Å². The smallest absolute Gasteiger partial charge is 0.296 e. The van der Waals surface area contributed by atoms with Gasteiger partial charge < -0.3 is 9.52 Å². The molecule has 1 N–H and O–H groups in total. The molecule has 1 atom stereocenters. The fraction of sp³-hybridized carbons (Fsp3) is 0.0741. The van der Waals surface area contributed by atoms with Gasteiger partial charge in [0.15, 0.2) is 15.9 Å². The maximum absolute atomic E-state index is 13.6. The highest BCUT2D eigenvalue weighted by Gasteiger charge is 2.47. The zero-order valence-electron chi connectivity index (χ0n) is 19.4. The standard InChI is InChI=1S/C27H17FN4O4S2/c28-18-9-7-15(8-10-18)14-37-27-31-30-26(38-27)32-22(17-5-3-11-29-13-17)21(24(34)25(32)35)23(33)20-12-16-4-1-2-6-19(16)36-20/h1-13,22,34H,14H2. The summed E-state index contributed by atoms with van der Waals surface area (Å²) >= 11 is 2.53. The Morgan fingerprint density at radius 1 is 1.11 bits per heavy atom. The second-order valence-electron chi connectivity index (χ2n) is 8.37. The van der Waals surface area contributed by atoms with Crippen LogP contribution in [0.1, 0.15) is 27.7 Å². The number of Topliss-reactive ketones (excluding diaryl/α,β-unsaturated/α-hetero) is 1. The highest BCUT2D eigenvalue weighted by Crippen LogP contribution is 2.44. The zero-order chi connectivity index (χ0) is 26.2. The van der Waals surface area contributed by atoms with E-state index < -0.39 is 23.5 Å². The van der Waals surface area contributed by atoms with E-state index in [1.165, 1.54) is 35.0 Å². The van der Waals surface area contributed by atoms with Gasteiger partial charge in [0.1, 0.15) is 11.4 Å². The average molecular weight is 545 g/mol. The lowest BCUT2D eigenvalue weighted by atomic mass is 9.96. The molecular weight excluding hydrogens is 527 g/mol. The first-order valence-corrected chi connectivity index (χ1v) is 13.2. The number of amides is 1. The van der Waals surface area contributed by atoms with E-state index >= 15 is 0 Å². The molecule has 0 radical (unpaired) electrons. The molecule has 3 aromatic heterocycles. The van der Waals surface area contributed by atoms with Crippen LogP contribution in [-0.4, -0.2) is 32.0 Å². The van der Waals surface area contributed by atoms with Crippen molar-refractivity contribution in [1.29, 1.82) is 0 Å². The van der Waals surface area contributed by atoms with Gasteiger partial charge in [0.05, 0.1) is 11.6 Å². The van der Waals surface area contributed by atoms with Gasteiger partial charge in [-0.25, -0.2) is 4.39 Å². The lowest BCUT2D eigenvalue weighted by molar-refractivity contribution is -0.117. The number of furan rings is 1. The number of aliphatic hydroxyl groups is 1. The molecule has 1 amide bonds. The Bertz CT molecular complexity index is 1670. The van der Waals surface area contributed by atoms with Crippen molar-refractivity contribution in [2.45, 2.75) is 16.1 Å². The molecule has 0 spiro atoms. The number of halogens is 1. The van der Waals surface area contributed by atoms with Gasteiger partial charge in [0.25, 0.3) is 5.91 Å². The molecule has 1 aliphatic rings. The summed E-state index contributed by atoms with van der Waals surface area (Å²) in [5.41, 5.74) is 1.80. The van der Waals surface area contributed by atoms with Crippen LogP contribution in [0.3, 0.4) is 0 Å². The molecule has 11 heteroatoms. The van der Waals surface area contributed by atoms with Crippen LogP contribution in [0.4, 0.5) is 9.52 Å². The number of ketones is 1. The highest BCUT2D eigenvalue weighted by atomic mass is 32.2. The average Bonchev–Trinajstić information content (AvgIpc) is 3.65. The minimum atomic E-state index is -0.986. The molecule has 5 aromatic rings. The predicted molar refractivity (Wildman–Crippen MR) is 141 cm³/mol. The van der Waals surface area contributed by atoms with Gasteiger partial charge in [-0.3, -0.25) is 19.5 Å². The van der Waals surface area contributed by atoms with Crippen molar-refractivity contribution in [2.24, 2.45) is 0 Å². The van der Waals surface area contributed by atoms with E-state index in [2.05, 4.69) is 15.2 Å². The number of fused-ring (bicyclic) bond motifs is 1. The SMILES string of the molecule is O=C(C1=C(O)C(=O)N(c2nnc(SCc3ccc(F)cc3)s2)C1c1cccnc1)c1cc2ccccc2o1. The van der Waals surface area contributed by atoms with Crippen molar-refractivity contribution in [1.82, 2.24) is 15.2 Å². The van der Waals surface area contributed by atoms with Crippen molar-refractivity contribution in [3.05, 3.63) is 113 Å². The molecule has 38 heavy (non-hydrogen) atoms. The lowest BCUT2D eigenvalue weighted by Gasteiger charge is -2.23. The summed E-state index contributed by atoms with van der Waals surface area (Å²) in [5.74, 6) is -1.85. The molecule has 6 rings (SSSR count). The van der Waals surface area contributed by atoms with Gasteiger partial charge in [-0.2, -0.15) is 0 Å². The number of aromatic nitrogens is 3. The van der Waals surface area contributed by atoms with E-state index in [9.17, 15) is 19.1 Å². The third kappa shape index (κ3) is 4.35. The van der Waals surface area contributed by atoms with Crippen LogP contribution >= 0.6 is 23.1 Å². The quantitative estimate of drug-likeness (QED) is 0.153. The van der Waals surface area contributed by atoms with E-state index in [0.29, 0.717) is 21.2 Å². The Balaban J connectivity index is 1.34. The van der Waals surface area contributed by atoms with Crippen LogP contribution in [0.25, 0.3) is 11.0 Å². The van der Waals surface area contributed by atoms with Crippen LogP contribution in [0.15, 0.2) is 99.2 Å². The van der Waals surface area contributed by atoms with Gasteiger partial charge >= 0.3 is 0 Å². The molecule has 0 bridgehead atoms. The van der Waals surface area contributed by atoms with Gasteiger partial charge in [-0.1, -0.05) is 59.5 Å². The molecule has 188 valence electrons. The number of carbonyl (C=O) groups is 2. The van der Waals surface area contributed by atoms with E-state index in [1.54, 1.807) is 54.7 Å². The van der Waals surface area contributed by atoms with E-state index in [1.807, 2.05) is 6.07 Å². The molecule has 1 unspecified atom stereocenters. The summed E-state index contributed by atoms with van der Waals surface area (Å²) in [4.78, 5) is 32.4. The molecule has 8 nitrogen and oxygen atoms in total. The number of hydrogen-bond acceptors (Lipinski definition) is 9. The number of pyridine rings is 1. The Morgan fingerprint density at radius 3 is 2.68 bits per heavy atom. The third-order valence-corrected chi connectivity index (χ3v) is 8.11. The fourth-order valence-corrected chi connectivity index (χ4v) is 6.02. The number of nitrogens with zero attached hydrogens (tertiary/aromatic N) is 4. The molecule has 0 fully saturated rings. The van der Waals surface area contributed by atoms with Crippen molar-refractivity contribution < 1.29 is 23.5 Å². The van der Waals surface area contributed by atoms with E-state index in [4.69, 9.17) is 4.42 Å². The normalized spacial score (nSPS) is 15.6. The number of aliphatic hydroxyl groups excluding tert-OH is 1. The first-order valence-electron chi connectivity index (χ1n) is 11.4. The summed E-state index contributed by atoms with van der Waals surface area (Å²) in [6.45, 7) is 0. The first kappa shape index (κ1) is 24.0. The molecule has 4 heterocycles. The monoisotopic (exact) mass is 544 g/mol. The van der Waals surface area contributed by atoms with Gasteiger partial charge in [0, 0.05) is 23.5 Å². The minimum Gasteiger partial charge on any atom is -0.503 e. The summed E-state index contributed by atoms with van der Waals surface area (Å²) in [6.07, 6.45) is 3.10. The van der Waals surface area contributed by atoms with Crippen LogP contribution in [-0.2, 0) is 10.5 Å². The number of anilines is 1. The largest absolute Gasteiger partial charge is 0.503 e. The van der Waals surface area contributed by atoms with Crippen molar-refractivity contribution in [2.75, 3.05) is 4.90 Å². The Labute approximate surface area is 223 Å². The molecular formula is C27H17FN4O4S2. The summed E-state index contributed by atoms with van der Waals surface area (Å²) in [5, 5.41) is 20.2. The summed E-state index contributed by atoms with van der Waals surface area (Å²) in [7, 11) is 0. The van der Waals surface area contributed by atoms with Crippen molar-refractivity contribution >= 4 is 50.9 Å². The van der Waals surface area contributed by atoms with Gasteiger partial charge in [0.2, 0.25) is 10.9 Å². The maximum Gasteiger partial charge on any atom is 0.296 e. The number of thioether (sulfide) groups is 1. The van der Waals surface area contributed by atoms with Gasteiger partial charge in [-0.15, -0.1) is 10.2 Å². The Kier molecular flexibility index (Phi) is 6.22. The second-order valence-corrected chi connectivity index (χ2v) is 10.5. The maximum atomic E-state index is 13.6. The molecule has 0 saturated heterocycles. The lowest BCUT2D eigenvalue weighted by Crippen LogP contribution is -2.31. The van der Waals surface area contributed by atoms with Crippen LogP contribution in [0.5, 0.6) is 0 Å². The number of carbonyl (C=O) groups excluding carboxylic acids is 2. The number of benzene rings is 2. The Morgan fingerprint density at radius 2 is 1.92 bits per heavy atom. The molecule has 1 aliphatic heterocycles. The highest BCUT2D eigenvalue weighted by molar-refractivity contribution is 8.00. The second kappa shape index (κ2) is 9.84. The molecule has 0 aliphatic carbocycles. The van der Waals surface area contributed by atoms with E-state index in [0.717, 1.165) is 22.3 Å². The summed E-state index contributed by atoms with van der Waals surface area (Å²) in [6, 6.07) is 17.3. The van der Waals surface area contributed by atoms with Crippen LogP contribution in [0, 0.1) is 5.82 Å². The molecule has 2 aromatic carbocycles. The number of hydrogen-bond donors (Lipinski definition) is 1. The van der Waals surface area contributed by atoms with Crippen molar-refractivity contribution in [3.63, 3.8) is 0 Å². The molecule has 0 saturated carbocycles. The van der Waals surface area contributed by atoms with Crippen molar-refractivity contribution in [3.8, 4) is 0 Å².